The second-order valence-electron chi connectivity index (χ2n) is 10.2. The highest BCUT2D eigenvalue weighted by Crippen LogP contribution is 2.67. The lowest BCUT2D eigenvalue weighted by Crippen LogP contribution is -2.64. The average molecular weight is 469 g/mol. The average Bonchev–Trinajstić information content (AvgIpc) is 3.19. The Kier molecular flexibility index (Phi) is 4.49. The maximum Gasteiger partial charge on any atom is 0.264 e. The fourth-order valence-corrected chi connectivity index (χ4v) is 9.23. The van der Waals surface area contributed by atoms with E-state index in [4.69, 9.17) is 13.1 Å². The molecule has 7 nitrogen and oxygen atoms in total. The molecule has 1 saturated heterocycles. The summed E-state index contributed by atoms with van der Waals surface area (Å²) in [5, 5.41) is 0. The summed E-state index contributed by atoms with van der Waals surface area (Å²) in [6, 6.07) is 0. The van der Waals surface area contributed by atoms with Crippen molar-refractivity contribution in [3.05, 3.63) is 36.5 Å². The largest absolute Gasteiger partial charge is 0.381 e. The van der Waals surface area contributed by atoms with E-state index in [9.17, 15) is 16.8 Å². The third kappa shape index (κ3) is 3.14. The Balaban J connectivity index is 1.44. The molecule has 0 N–H and O–H groups in total. The van der Waals surface area contributed by atoms with Crippen LogP contribution in [0.3, 0.4) is 0 Å². The van der Waals surface area contributed by atoms with Crippen molar-refractivity contribution in [3.8, 4) is 0 Å². The summed E-state index contributed by atoms with van der Waals surface area (Å²) in [6.07, 6.45) is 13.5. The van der Waals surface area contributed by atoms with Gasteiger partial charge < -0.3 is 4.74 Å². The van der Waals surface area contributed by atoms with E-state index >= 15 is 0 Å². The quantitative estimate of drug-likeness (QED) is 0.457. The first-order valence-electron chi connectivity index (χ1n) is 11.0. The maximum absolute atomic E-state index is 12.0. The van der Waals surface area contributed by atoms with E-state index in [0.29, 0.717) is 35.5 Å². The van der Waals surface area contributed by atoms with E-state index in [-0.39, 0.29) is 23.7 Å². The summed E-state index contributed by atoms with van der Waals surface area (Å²) in [7, 11) is -7.33. The normalized spacial score (nSPS) is 51.5. The van der Waals surface area contributed by atoms with Crippen molar-refractivity contribution in [1.29, 1.82) is 0 Å². The van der Waals surface area contributed by atoms with Gasteiger partial charge in [0.2, 0.25) is 0 Å². The predicted molar refractivity (Wildman–Crippen MR) is 113 cm³/mol. The molecule has 1 heterocycles. The highest BCUT2D eigenvalue weighted by atomic mass is 32.2. The highest BCUT2D eigenvalue weighted by Gasteiger charge is 2.65. The molecule has 2 unspecified atom stereocenters. The molecule has 12 atom stereocenters. The van der Waals surface area contributed by atoms with Gasteiger partial charge in [0.1, 0.15) is 0 Å². The van der Waals surface area contributed by atoms with Gasteiger partial charge in [0.15, 0.2) is 0 Å². The van der Waals surface area contributed by atoms with E-state index in [0.717, 1.165) is 25.7 Å². The summed E-state index contributed by atoms with van der Waals surface area (Å²) >= 11 is 0. The van der Waals surface area contributed by atoms with Gasteiger partial charge in [-0.3, -0.25) is 8.37 Å². The number of ether oxygens (including phenoxy) is 1. The molecule has 170 valence electrons. The molecular weight excluding hydrogens is 440 g/mol. The zero-order chi connectivity index (χ0) is 21.7. The van der Waals surface area contributed by atoms with Crippen molar-refractivity contribution >= 4 is 20.2 Å². The molecule has 1 aliphatic heterocycles. The van der Waals surface area contributed by atoms with E-state index in [2.05, 4.69) is 24.3 Å². The lowest BCUT2D eigenvalue weighted by molar-refractivity contribution is -0.135. The van der Waals surface area contributed by atoms with Gasteiger partial charge in [-0.2, -0.15) is 16.8 Å². The molecule has 0 amide bonds. The number of allylic oxidation sites excluding steroid dienone is 4. The third-order valence-electron chi connectivity index (χ3n) is 8.65. The second kappa shape index (κ2) is 6.76. The van der Waals surface area contributed by atoms with Gasteiger partial charge in [-0.05, 0) is 47.3 Å². The van der Waals surface area contributed by atoms with Crippen LogP contribution in [0.2, 0.25) is 0 Å². The molecule has 0 aromatic heterocycles. The Morgan fingerprint density at radius 1 is 0.613 bits per heavy atom. The van der Waals surface area contributed by atoms with Crippen LogP contribution in [0.5, 0.6) is 0 Å². The smallest absolute Gasteiger partial charge is 0.264 e. The Hall–Kier alpha value is -1.00. The van der Waals surface area contributed by atoms with Gasteiger partial charge in [0.05, 0.1) is 37.9 Å². The summed E-state index contributed by atoms with van der Waals surface area (Å²) in [6.45, 7) is 1.58. The van der Waals surface area contributed by atoms with Crippen molar-refractivity contribution < 1.29 is 29.9 Å². The molecule has 0 spiro atoms. The van der Waals surface area contributed by atoms with Gasteiger partial charge in [-0.25, -0.2) is 0 Å². The summed E-state index contributed by atoms with van der Waals surface area (Å²) in [4.78, 5) is 0. The Labute approximate surface area is 183 Å². The number of rotatable bonds is 4. The highest BCUT2D eigenvalue weighted by molar-refractivity contribution is 7.86. The van der Waals surface area contributed by atoms with Crippen molar-refractivity contribution in [3.63, 3.8) is 0 Å². The van der Waals surface area contributed by atoms with Crippen LogP contribution in [-0.2, 0) is 33.3 Å². The van der Waals surface area contributed by atoms with E-state index in [1.54, 1.807) is 12.2 Å². The van der Waals surface area contributed by atoms with Crippen LogP contribution in [0.4, 0.5) is 0 Å². The molecule has 7 aliphatic carbocycles. The van der Waals surface area contributed by atoms with Gasteiger partial charge in [0.25, 0.3) is 20.2 Å². The minimum absolute atomic E-state index is 0.112. The lowest BCUT2D eigenvalue weighted by Gasteiger charge is -2.65. The SMILES string of the molecule is CS(=O)(=O)OC1C=CC(OS(C)(=O)=O)[C@H]2[C@H]3C=C[C@@H]([C@@H]12)[C@@H]1[C@@H]2C=C[C@@H]([C@H]4COC[C@@H]24)[C@H]31. The van der Waals surface area contributed by atoms with Gasteiger partial charge in [-0.1, -0.05) is 36.5 Å². The van der Waals surface area contributed by atoms with Crippen molar-refractivity contribution in [2.45, 2.75) is 12.2 Å². The Morgan fingerprint density at radius 2 is 1.00 bits per heavy atom. The first kappa shape index (κ1) is 20.6. The zero-order valence-corrected chi connectivity index (χ0v) is 19.1. The fraction of sp³-hybridized carbons (Fsp3) is 0.727. The Morgan fingerprint density at radius 3 is 1.39 bits per heavy atom. The molecule has 0 aromatic carbocycles. The van der Waals surface area contributed by atoms with Crippen LogP contribution < -0.4 is 0 Å². The summed E-state index contributed by atoms with van der Waals surface area (Å²) in [5.41, 5.74) is 0. The van der Waals surface area contributed by atoms with Gasteiger partial charge in [0, 0.05) is 11.8 Å². The van der Waals surface area contributed by atoms with Crippen molar-refractivity contribution in [2.24, 2.45) is 59.2 Å². The van der Waals surface area contributed by atoms with Gasteiger partial charge in [-0.15, -0.1) is 0 Å². The van der Waals surface area contributed by atoms with Crippen LogP contribution in [0.1, 0.15) is 0 Å². The van der Waals surface area contributed by atoms with Crippen molar-refractivity contribution in [2.75, 3.05) is 25.7 Å². The Bertz CT molecular complexity index is 993. The predicted octanol–water partition coefficient (Wildman–Crippen LogP) is 1.60. The number of hydrogen-bond acceptors (Lipinski definition) is 7. The third-order valence-corrected chi connectivity index (χ3v) is 9.79. The standard InChI is InChI=1S/C22H28O7S2/c1-30(23,24)28-17-7-8-18(29-31(2,25)26)22-14-6-5-13(21(17)22)19-11-3-4-12(20(14)19)16-10-27-9-15(11)16/h3-8,11-22H,9-10H2,1-2H3/t11-,12+,13-,14+,15+,16-,17?,18?,19+,20-,21+,22-. The van der Waals surface area contributed by atoms with Crippen LogP contribution >= 0.6 is 0 Å². The maximum atomic E-state index is 12.0. The molecule has 31 heavy (non-hydrogen) atoms. The van der Waals surface area contributed by atoms with Crippen LogP contribution in [0.15, 0.2) is 36.5 Å². The molecule has 0 aromatic rings. The molecule has 4 bridgehead atoms. The number of hydrogen-bond donors (Lipinski definition) is 0. The van der Waals surface area contributed by atoms with E-state index in [1.807, 2.05) is 0 Å². The van der Waals surface area contributed by atoms with E-state index < -0.39 is 32.4 Å². The first-order chi connectivity index (χ1) is 14.6. The minimum Gasteiger partial charge on any atom is -0.381 e. The van der Waals surface area contributed by atoms with Crippen LogP contribution in [0, 0.1) is 59.2 Å². The first-order valence-corrected chi connectivity index (χ1v) is 14.6. The molecule has 0 radical (unpaired) electrons. The lowest BCUT2D eigenvalue weighted by atomic mass is 9.39. The van der Waals surface area contributed by atoms with E-state index in [1.165, 1.54) is 0 Å². The second-order valence-corrected chi connectivity index (χ2v) is 13.4. The monoisotopic (exact) mass is 468 g/mol. The molecule has 9 heteroatoms. The molecule has 8 aliphatic rings. The molecular formula is C22H28O7S2. The van der Waals surface area contributed by atoms with Crippen molar-refractivity contribution in [1.82, 2.24) is 0 Å². The zero-order valence-electron chi connectivity index (χ0n) is 17.5. The molecule has 3 fully saturated rings. The summed E-state index contributed by atoms with van der Waals surface area (Å²) < 4.78 is 65.0. The fourth-order valence-electron chi connectivity index (χ4n) is 8.03. The van der Waals surface area contributed by atoms with Crippen LogP contribution in [-0.4, -0.2) is 54.8 Å². The van der Waals surface area contributed by atoms with Gasteiger partial charge >= 0.3 is 0 Å². The molecule has 2 saturated carbocycles. The molecule has 8 rings (SSSR count). The minimum atomic E-state index is -3.67. The van der Waals surface area contributed by atoms with Crippen LogP contribution in [0.25, 0.3) is 0 Å². The summed E-state index contributed by atoms with van der Waals surface area (Å²) in [5.74, 6) is 2.56. The topological polar surface area (TPSA) is 96.0 Å².